The van der Waals surface area contributed by atoms with Gasteiger partial charge in [-0.05, 0) is 275 Å². The summed E-state index contributed by atoms with van der Waals surface area (Å²) < 4.78 is 5.07. The highest BCUT2D eigenvalue weighted by molar-refractivity contribution is 7.08. The molecule has 9 N–H and O–H groups in total. The Labute approximate surface area is 918 Å². The summed E-state index contributed by atoms with van der Waals surface area (Å²) in [4.78, 5) is 149. The zero-order chi connectivity index (χ0) is 107. The quantitative estimate of drug-likeness (QED) is 0.00981. The third kappa shape index (κ3) is 37.6. The molecule has 9 aromatic heterocycles. The normalized spacial score (nSPS) is 15.4. The van der Waals surface area contributed by atoms with Gasteiger partial charge in [-0.1, -0.05) is 92.8 Å². The van der Waals surface area contributed by atoms with E-state index >= 15 is 0 Å². The summed E-state index contributed by atoms with van der Waals surface area (Å²) >= 11 is 54.7. The van der Waals surface area contributed by atoms with Crippen molar-refractivity contribution in [2.24, 2.45) is 0 Å². The molecular weight excluding hydrogens is 2120 g/mol. The van der Waals surface area contributed by atoms with Gasteiger partial charge in [0, 0.05) is 207 Å². The van der Waals surface area contributed by atoms with E-state index in [-0.39, 0.29) is 138 Å². The maximum Gasteiger partial charge on any atom is 0.332 e. The number of likely N-dealkylation sites (N-methyl/N-ethyl adjacent to an activating group) is 1. The number of carbonyl (C=O) groups excluding carboxylic acids is 9. The van der Waals surface area contributed by atoms with Crippen LogP contribution in [0.25, 0.3) is 0 Å². The first kappa shape index (κ1) is 120. The predicted molar refractivity (Wildman–Crippen MR) is 591 cm³/mol. The third-order valence-corrected chi connectivity index (χ3v) is 31.4. The lowest BCUT2D eigenvalue weighted by Gasteiger charge is -2.41. The Bertz CT molecular complexity index is 5620. The number of H-pyrrole nitrogens is 1. The monoisotopic (exact) mass is 2250 g/mol. The summed E-state index contributed by atoms with van der Waals surface area (Å²) in [5.41, 5.74) is 12.5. The molecule has 34 nitrogen and oxygen atoms in total. The maximum atomic E-state index is 13.2. The van der Waals surface area contributed by atoms with Gasteiger partial charge in [0.15, 0.2) is 5.82 Å². The molecule has 0 unspecified atom stereocenters. The molecule has 0 aromatic carbocycles. The Balaban J connectivity index is 0.000000201. The van der Waals surface area contributed by atoms with Gasteiger partial charge in [0.1, 0.15) is 41.2 Å². The van der Waals surface area contributed by atoms with Crippen LogP contribution in [0.4, 0.5) is 25.0 Å². The zero-order valence-electron chi connectivity index (χ0n) is 85.8. The van der Waals surface area contributed by atoms with Crippen LogP contribution in [0.15, 0.2) is 97.6 Å². The van der Waals surface area contributed by atoms with E-state index in [4.69, 9.17) is 97.5 Å². The molecule has 46 heteroatoms. The first-order valence-corrected chi connectivity index (χ1v) is 56.1. The van der Waals surface area contributed by atoms with Crippen LogP contribution in [0.1, 0.15) is 196 Å². The number of anilines is 1. The molecule has 0 aliphatic carbocycles. The fourth-order valence-electron chi connectivity index (χ4n) is 18.2. The van der Waals surface area contributed by atoms with Crippen LogP contribution in [0.2, 0.25) is 41.2 Å². The second-order valence-electron chi connectivity index (χ2n) is 37.7. The molecule has 4 atom stereocenters. The fourth-order valence-corrected chi connectivity index (χ4v) is 23.3. The molecular formula is C101H138Cl8N24O10S4. The van der Waals surface area contributed by atoms with E-state index in [1.165, 1.54) is 4.90 Å². The predicted octanol–water partition coefficient (Wildman–Crippen LogP) is 18.5. The molecule has 147 heavy (non-hydrogen) atoms. The molecule has 4 aliphatic rings. The number of hydrazine groups is 1. The van der Waals surface area contributed by atoms with Crippen molar-refractivity contribution >= 4 is 198 Å². The Morgan fingerprint density at radius 2 is 0.673 bits per heavy atom. The molecule has 4 aliphatic heterocycles. The lowest BCUT2D eigenvalue weighted by molar-refractivity contribution is -0.127. The summed E-state index contributed by atoms with van der Waals surface area (Å²) in [6.45, 7) is 30.1. The molecule has 4 fully saturated rings. The van der Waals surface area contributed by atoms with Crippen molar-refractivity contribution in [3.8, 4) is 0 Å². The van der Waals surface area contributed by atoms with Crippen molar-refractivity contribution in [3.63, 3.8) is 0 Å². The SMILES string of the molecule is COCCNC(=O)N(Cc1ccsc1)C1CCN([C@H](C)CCNC(=O)c2c(C)cc(Cl)nc2Cl)CC1.Cc1cc(Cl)nc(Cl)c1C(=O)NCC[C@@H](C)N1CCC(N(Cc2ccsc2)C(=O)NCC(=O)N(C)C)CC1.Cc1cc(Cl)nc(Cl)c1C(=O)NCC[C@@H](C)N1CCC(N(Cc2ccsc2)C(=O)NN(C)C)CC1.Cc1cc(NC(=O)N(Cc2ccsc2)C2CCN([C@H](C)CCNC(=O)c3c(C)cc(Cl)nc3Cl)CC2)n[nH]1. The van der Waals surface area contributed by atoms with E-state index in [1.807, 2.05) is 79.7 Å². The van der Waals surface area contributed by atoms with Gasteiger partial charge in [0.2, 0.25) is 5.91 Å². The summed E-state index contributed by atoms with van der Waals surface area (Å²) in [7, 11) is 8.61. The number of likely N-dealkylation sites (tertiary alicyclic amines) is 4. The largest absolute Gasteiger partial charge is 0.383 e. The zero-order valence-corrected chi connectivity index (χ0v) is 95.1. The van der Waals surface area contributed by atoms with E-state index in [2.05, 4.69) is 154 Å². The average Bonchev–Trinajstić information content (AvgIpc) is 1.70. The Kier molecular flexibility index (Phi) is 49.3. The van der Waals surface area contributed by atoms with Gasteiger partial charge in [-0.25, -0.2) is 44.1 Å². The fraction of sp³-hybridized carbons (Fsp3) is 0.525. The maximum absolute atomic E-state index is 13.2. The molecule has 13 heterocycles. The minimum Gasteiger partial charge on any atom is -0.383 e. The lowest BCUT2D eigenvalue weighted by Crippen LogP contribution is -2.53. The summed E-state index contributed by atoms with van der Waals surface area (Å²) in [5, 5.41) is 47.2. The molecule has 0 bridgehead atoms. The summed E-state index contributed by atoms with van der Waals surface area (Å²) in [6.07, 6.45) is 10.2. The van der Waals surface area contributed by atoms with Crippen LogP contribution in [0.5, 0.6) is 0 Å². The van der Waals surface area contributed by atoms with Crippen molar-refractivity contribution in [2.45, 2.75) is 214 Å². The van der Waals surface area contributed by atoms with E-state index in [0.29, 0.717) is 128 Å². The number of aryl methyl sites for hydroxylation is 5. The number of hydrogen-bond acceptors (Lipinski definition) is 24. The number of carbonyl (C=O) groups is 9. The average molecular weight is 2260 g/mol. The number of ether oxygens (including phenoxy) is 1. The molecule has 9 aromatic rings. The smallest absolute Gasteiger partial charge is 0.332 e. The first-order chi connectivity index (χ1) is 70.2. The van der Waals surface area contributed by atoms with Crippen LogP contribution in [-0.4, -0.2) is 315 Å². The second-order valence-corrected chi connectivity index (χ2v) is 43.8. The minimum atomic E-state index is -0.259. The number of aromatic amines is 1. The van der Waals surface area contributed by atoms with Gasteiger partial charge in [0.25, 0.3) is 23.6 Å². The van der Waals surface area contributed by atoms with Gasteiger partial charge in [0.05, 0.1) is 35.4 Å². The molecule has 0 saturated carbocycles. The van der Waals surface area contributed by atoms with Crippen molar-refractivity contribution in [1.82, 2.24) is 117 Å². The van der Waals surface area contributed by atoms with E-state index in [9.17, 15) is 43.2 Å². The van der Waals surface area contributed by atoms with Crippen molar-refractivity contribution in [2.75, 3.05) is 139 Å². The summed E-state index contributed by atoms with van der Waals surface area (Å²) in [5.74, 6) is -0.596. The van der Waals surface area contributed by atoms with E-state index in [1.54, 1.807) is 124 Å². The third-order valence-electron chi connectivity index (χ3n) is 26.6. The van der Waals surface area contributed by atoms with Crippen molar-refractivity contribution in [3.05, 3.63) is 211 Å². The number of nitrogens with one attached hydrogen (secondary N) is 9. The number of halogens is 8. The van der Waals surface area contributed by atoms with Crippen molar-refractivity contribution in [1.29, 1.82) is 0 Å². The highest BCUT2D eigenvalue weighted by Crippen LogP contribution is 2.32. The van der Waals surface area contributed by atoms with Crippen LogP contribution in [-0.2, 0) is 35.7 Å². The van der Waals surface area contributed by atoms with Gasteiger partial charge >= 0.3 is 24.1 Å². The Morgan fingerprint density at radius 3 is 0.918 bits per heavy atom. The molecule has 0 spiro atoms. The number of amides is 13. The molecule has 13 rings (SSSR count). The van der Waals surface area contributed by atoms with Gasteiger partial charge < -0.3 is 80.7 Å². The van der Waals surface area contributed by atoms with Crippen LogP contribution in [0, 0.1) is 34.6 Å². The Hall–Kier alpha value is -8.88. The van der Waals surface area contributed by atoms with Crippen LogP contribution >= 0.6 is 138 Å². The highest BCUT2D eigenvalue weighted by Gasteiger charge is 2.37. The van der Waals surface area contributed by atoms with Crippen LogP contribution in [0.3, 0.4) is 0 Å². The molecule has 13 amide bonds. The van der Waals surface area contributed by atoms with Crippen molar-refractivity contribution < 1.29 is 47.9 Å². The standard InChI is InChI=1S/C26H33Cl2N7O2S.C26H36Cl2N6O3S.C25H35Cl2N5O3S.C24H34Cl2N6O2S/c1-16-12-21(27)30-24(28)23(16)25(36)29-8-4-18(3)34-9-5-20(6-10-34)35(14-19-7-11-38-15-19)26(37)31-22-13-17(2)32-33-22;1-17-13-21(27)31-24(28)23(17)25(36)29-9-5-18(2)33-10-6-20(7-11-33)34(15-19-8-12-38-16-19)26(37)30-14-22(35)32(3)4;1-17-14-21(26)30-23(27)22(17)24(33)28-8-4-18(2)31-10-5-20(6-11-31)32(15-19-7-13-36-16-19)25(34)29-9-12-35-3;1-16-13-20(25)28-22(26)21(16)23(33)27-9-5-17(2)31-10-6-19(7-11-31)32(24(34)29-30(3)4)14-18-8-12-35-15-18/h7,11-13,15,18,20H,4-6,8-10,14H2,1-3H3,(H,29,36)(H2,31,32,33,37);8,12-13,16,18,20H,5-7,9-11,14-15H2,1-4H3,(H,29,36)(H,30,37);7,13-14,16,18,20H,4-6,8-12,15H2,1-3H3,(H,28,33)(H,29,34);8,12-13,15,17,19H,5-7,9-11,14H2,1-4H3,(H,27,33)(H,29,34)/t3*18-;17-/m1111/s1. The number of thiophene rings is 4. The molecule has 4 saturated heterocycles. The number of rotatable bonds is 39. The number of urea groups is 4. The number of aromatic nitrogens is 6. The second kappa shape index (κ2) is 60.4. The van der Waals surface area contributed by atoms with Gasteiger partial charge in [-0.15, -0.1) is 0 Å². The number of pyridine rings is 4. The van der Waals surface area contributed by atoms with Crippen LogP contribution < -0.4 is 42.6 Å². The van der Waals surface area contributed by atoms with E-state index < -0.39 is 0 Å². The lowest BCUT2D eigenvalue weighted by atomic mass is 10.0. The topological polar surface area (TPSA) is 372 Å². The summed E-state index contributed by atoms with van der Waals surface area (Å²) in [6, 6.07) is 17.8. The number of piperidine rings is 4. The first-order valence-electron chi connectivity index (χ1n) is 49.3. The van der Waals surface area contributed by atoms with Gasteiger partial charge in [-0.3, -0.25) is 39.8 Å². The molecule has 0 radical (unpaired) electrons. The molecule has 802 valence electrons. The number of nitrogens with zero attached hydrogens (tertiary/aromatic N) is 15. The number of methoxy groups -OCH3 is 1. The Morgan fingerprint density at radius 1 is 0.395 bits per heavy atom. The number of hydrogen-bond donors (Lipinski definition) is 9. The highest BCUT2D eigenvalue weighted by atomic mass is 35.5. The van der Waals surface area contributed by atoms with E-state index in [0.717, 1.165) is 157 Å². The van der Waals surface area contributed by atoms with Gasteiger partial charge in [-0.2, -0.15) is 50.4 Å². The minimum absolute atomic E-state index is 0.0234.